The summed E-state index contributed by atoms with van der Waals surface area (Å²) in [6, 6.07) is 0. The molecular weight excluding hydrogens is 384 g/mol. The molecule has 160 valence electrons. The molecule has 0 saturated heterocycles. The predicted octanol–water partition coefficient (Wildman–Crippen LogP) is 1.42. The molecule has 10 heteroatoms. The first-order chi connectivity index (χ1) is 14.3. The SMILES string of the molecule is CC(C)c1c(O)nc(-n2ccnc2)nc1-c1cnn(CC(=O)NCCCN(C)C)c1. The van der Waals surface area contributed by atoms with Crippen LogP contribution in [0.1, 0.15) is 31.7 Å². The van der Waals surface area contributed by atoms with Crippen LogP contribution in [0.15, 0.2) is 31.1 Å². The molecule has 0 bridgehead atoms. The number of imidazole rings is 1. The average molecular weight is 412 g/mol. The second-order valence-corrected chi connectivity index (χ2v) is 7.67. The monoisotopic (exact) mass is 412 g/mol. The fourth-order valence-electron chi connectivity index (χ4n) is 3.09. The van der Waals surface area contributed by atoms with Crippen LogP contribution in [0.2, 0.25) is 0 Å². The van der Waals surface area contributed by atoms with Gasteiger partial charge in [0, 0.05) is 36.3 Å². The number of hydrogen-bond donors (Lipinski definition) is 2. The van der Waals surface area contributed by atoms with Crippen LogP contribution >= 0.6 is 0 Å². The van der Waals surface area contributed by atoms with Crippen molar-refractivity contribution in [2.24, 2.45) is 0 Å². The summed E-state index contributed by atoms with van der Waals surface area (Å²) in [6.45, 7) is 5.58. The lowest BCUT2D eigenvalue weighted by Gasteiger charge is -2.14. The van der Waals surface area contributed by atoms with Crippen LogP contribution < -0.4 is 5.32 Å². The Morgan fingerprint density at radius 2 is 2.10 bits per heavy atom. The Kier molecular flexibility index (Phi) is 6.78. The van der Waals surface area contributed by atoms with Crippen molar-refractivity contribution in [3.63, 3.8) is 0 Å². The first-order valence-electron chi connectivity index (χ1n) is 9.88. The summed E-state index contributed by atoms with van der Waals surface area (Å²) in [7, 11) is 4.00. The molecule has 3 heterocycles. The molecule has 0 fully saturated rings. The second kappa shape index (κ2) is 9.49. The topological polar surface area (TPSA) is 114 Å². The van der Waals surface area contributed by atoms with E-state index in [1.54, 1.807) is 40.4 Å². The van der Waals surface area contributed by atoms with Crippen LogP contribution in [0.5, 0.6) is 5.88 Å². The molecule has 3 aromatic rings. The number of carbonyl (C=O) groups excluding carboxylic acids is 1. The molecule has 0 atom stereocenters. The zero-order valence-corrected chi connectivity index (χ0v) is 17.8. The molecule has 0 aliphatic carbocycles. The molecule has 2 N–H and O–H groups in total. The maximum absolute atomic E-state index is 12.2. The number of nitrogens with zero attached hydrogens (tertiary/aromatic N) is 7. The summed E-state index contributed by atoms with van der Waals surface area (Å²) in [5, 5.41) is 17.7. The average Bonchev–Trinajstić information content (AvgIpc) is 3.36. The second-order valence-electron chi connectivity index (χ2n) is 7.67. The third-order valence-corrected chi connectivity index (χ3v) is 4.54. The molecule has 3 aromatic heterocycles. The highest BCUT2D eigenvalue weighted by Crippen LogP contribution is 2.33. The van der Waals surface area contributed by atoms with E-state index in [4.69, 9.17) is 0 Å². The van der Waals surface area contributed by atoms with Gasteiger partial charge in [-0.05, 0) is 33.0 Å². The van der Waals surface area contributed by atoms with Crippen molar-refractivity contribution in [1.82, 2.24) is 39.5 Å². The zero-order chi connectivity index (χ0) is 21.7. The van der Waals surface area contributed by atoms with Crippen molar-refractivity contribution in [3.8, 4) is 23.1 Å². The van der Waals surface area contributed by atoms with E-state index in [1.165, 1.54) is 0 Å². The van der Waals surface area contributed by atoms with Gasteiger partial charge in [-0.25, -0.2) is 9.97 Å². The van der Waals surface area contributed by atoms with Crippen molar-refractivity contribution >= 4 is 5.91 Å². The maximum atomic E-state index is 12.2. The van der Waals surface area contributed by atoms with Gasteiger partial charge in [0.05, 0.1) is 11.9 Å². The fraction of sp³-hybridized carbons (Fsp3) is 0.450. The molecule has 0 aliphatic rings. The van der Waals surface area contributed by atoms with Crippen molar-refractivity contribution in [2.75, 3.05) is 27.2 Å². The van der Waals surface area contributed by atoms with Gasteiger partial charge in [0.1, 0.15) is 12.9 Å². The molecule has 0 aromatic carbocycles. The largest absolute Gasteiger partial charge is 0.493 e. The van der Waals surface area contributed by atoms with E-state index in [9.17, 15) is 9.90 Å². The molecule has 0 saturated carbocycles. The third kappa shape index (κ3) is 5.20. The van der Waals surface area contributed by atoms with E-state index in [1.807, 2.05) is 27.9 Å². The van der Waals surface area contributed by atoms with Gasteiger partial charge in [-0.2, -0.15) is 10.1 Å². The van der Waals surface area contributed by atoms with Gasteiger partial charge in [-0.1, -0.05) is 13.8 Å². The van der Waals surface area contributed by atoms with Crippen molar-refractivity contribution in [1.29, 1.82) is 0 Å². The van der Waals surface area contributed by atoms with Gasteiger partial charge in [-0.15, -0.1) is 0 Å². The van der Waals surface area contributed by atoms with Crippen LogP contribution in [0.25, 0.3) is 17.2 Å². The van der Waals surface area contributed by atoms with Gasteiger partial charge >= 0.3 is 0 Å². The lowest BCUT2D eigenvalue weighted by Crippen LogP contribution is -2.30. The van der Waals surface area contributed by atoms with Gasteiger partial charge in [0.15, 0.2) is 0 Å². The summed E-state index contributed by atoms with van der Waals surface area (Å²) >= 11 is 0. The number of carbonyl (C=O) groups is 1. The number of aromatic nitrogens is 6. The molecule has 3 rings (SSSR count). The Bertz CT molecular complexity index is 979. The minimum atomic E-state index is -0.0999. The van der Waals surface area contributed by atoms with Crippen molar-refractivity contribution in [3.05, 3.63) is 36.7 Å². The van der Waals surface area contributed by atoms with Crippen LogP contribution in [0.4, 0.5) is 0 Å². The number of hydrogen-bond acceptors (Lipinski definition) is 7. The number of nitrogens with one attached hydrogen (secondary N) is 1. The number of amides is 1. The lowest BCUT2D eigenvalue weighted by atomic mass is 9.99. The normalized spacial score (nSPS) is 11.4. The molecule has 10 nitrogen and oxygen atoms in total. The summed E-state index contributed by atoms with van der Waals surface area (Å²) < 4.78 is 3.19. The van der Waals surface area contributed by atoms with Crippen LogP contribution in [-0.2, 0) is 11.3 Å². The predicted molar refractivity (Wildman–Crippen MR) is 112 cm³/mol. The minimum Gasteiger partial charge on any atom is -0.493 e. The quantitative estimate of drug-likeness (QED) is 0.511. The highest BCUT2D eigenvalue weighted by atomic mass is 16.3. The van der Waals surface area contributed by atoms with E-state index in [2.05, 4.69) is 30.3 Å². The van der Waals surface area contributed by atoms with Gasteiger partial charge in [0.2, 0.25) is 17.7 Å². The number of aromatic hydroxyl groups is 1. The molecule has 0 radical (unpaired) electrons. The smallest absolute Gasteiger partial charge is 0.241 e. The Labute approximate surface area is 175 Å². The third-order valence-electron chi connectivity index (χ3n) is 4.54. The fourth-order valence-corrected chi connectivity index (χ4v) is 3.09. The Balaban J connectivity index is 1.79. The highest BCUT2D eigenvalue weighted by molar-refractivity contribution is 5.75. The van der Waals surface area contributed by atoms with Crippen LogP contribution in [-0.4, -0.2) is 72.4 Å². The zero-order valence-electron chi connectivity index (χ0n) is 17.8. The summed E-state index contributed by atoms with van der Waals surface area (Å²) in [6.07, 6.45) is 9.18. The van der Waals surface area contributed by atoms with Crippen LogP contribution in [0.3, 0.4) is 0 Å². The maximum Gasteiger partial charge on any atom is 0.241 e. The van der Waals surface area contributed by atoms with E-state index in [0.29, 0.717) is 29.3 Å². The summed E-state index contributed by atoms with van der Waals surface area (Å²) in [4.78, 5) is 27.1. The Morgan fingerprint density at radius 3 is 2.77 bits per heavy atom. The molecule has 0 aliphatic heterocycles. The van der Waals surface area contributed by atoms with Crippen molar-refractivity contribution < 1.29 is 9.90 Å². The van der Waals surface area contributed by atoms with Gasteiger partial charge in [0.25, 0.3) is 0 Å². The van der Waals surface area contributed by atoms with E-state index in [0.717, 1.165) is 13.0 Å². The lowest BCUT2D eigenvalue weighted by molar-refractivity contribution is -0.121. The first kappa shape index (κ1) is 21.4. The molecule has 1 amide bonds. The van der Waals surface area contributed by atoms with E-state index < -0.39 is 0 Å². The van der Waals surface area contributed by atoms with E-state index in [-0.39, 0.29) is 24.2 Å². The molecular formula is C20H28N8O2. The Morgan fingerprint density at radius 1 is 1.30 bits per heavy atom. The number of rotatable bonds is 9. The summed E-state index contributed by atoms with van der Waals surface area (Å²) in [5.74, 6) is 0.137. The highest BCUT2D eigenvalue weighted by Gasteiger charge is 2.20. The van der Waals surface area contributed by atoms with Crippen molar-refractivity contribution in [2.45, 2.75) is 32.7 Å². The Hall–Kier alpha value is -3.27. The minimum absolute atomic E-state index is 0.000169. The first-order valence-corrected chi connectivity index (χ1v) is 9.88. The van der Waals surface area contributed by atoms with Gasteiger partial charge in [-0.3, -0.25) is 14.0 Å². The van der Waals surface area contributed by atoms with Gasteiger partial charge < -0.3 is 15.3 Å². The standard InChI is InChI=1S/C20H28N8O2/c1-14(2)17-18(24-20(25-19(17)30)27-9-7-21-13-27)15-10-23-28(11-15)12-16(29)22-6-5-8-26(3)4/h7,9-11,13-14H,5-6,8,12H2,1-4H3,(H,22,29)(H,24,25,30). The van der Waals surface area contributed by atoms with E-state index >= 15 is 0 Å². The molecule has 30 heavy (non-hydrogen) atoms. The molecule has 0 unspecified atom stereocenters. The molecule has 0 spiro atoms. The van der Waals surface area contributed by atoms with Crippen LogP contribution in [0, 0.1) is 0 Å². The summed E-state index contributed by atoms with van der Waals surface area (Å²) in [5.41, 5.74) is 1.92.